The SMILES string of the molecule is Cc1nc(CN2CCC(C(=O)N(Cc3ccc(C#N)cc3)Cc3cccc(F)c3)CC2)cs1. The Kier molecular flexibility index (Phi) is 7.48. The van der Waals surface area contributed by atoms with Crippen LogP contribution >= 0.6 is 11.3 Å². The zero-order valence-electron chi connectivity index (χ0n) is 18.7. The van der Waals surface area contributed by atoms with E-state index in [0.29, 0.717) is 18.7 Å². The summed E-state index contributed by atoms with van der Waals surface area (Å²) in [5.74, 6) is -0.248. The average molecular weight is 463 g/mol. The third-order valence-corrected chi connectivity index (χ3v) is 6.84. The van der Waals surface area contributed by atoms with E-state index < -0.39 is 0 Å². The number of amides is 1. The fraction of sp³-hybridized carbons (Fsp3) is 0.346. The van der Waals surface area contributed by atoms with Crippen LogP contribution < -0.4 is 0 Å². The van der Waals surface area contributed by atoms with Gasteiger partial charge in [0.25, 0.3) is 0 Å². The van der Waals surface area contributed by atoms with Crippen molar-refractivity contribution in [2.45, 2.75) is 39.4 Å². The number of piperidine rings is 1. The lowest BCUT2D eigenvalue weighted by Gasteiger charge is -2.34. The number of benzene rings is 2. The quantitative estimate of drug-likeness (QED) is 0.501. The number of rotatable bonds is 7. The summed E-state index contributed by atoms with van der Waals surface area (Å²) in [4.78, 5) is 22.3. The van der Waals surface area contributed by atoms with Crippen molar-refractivity contribution in [2.75, 3.05) is 13.1 Å². The number of halogens is 1. The highest BCUT2D eigenvalue weighted by Crippen LogP contribution is 2.24. The Morgan fingerprint density at radius 2 is 1.91 bits per heavy atom. The molecule has 1 aliphatic heterocycles. The van der Waals surface area contributed by atoms with Crippen molar-refractivity contribution in [1.82, 2.24) is 14.8 Å². The molecule has 0 N–H and O–H groups in total. The Balaban J connectivity index is 1.43. The van der Waals surface area contributed by atoms with Crippen molar-refractivity contribution in [3.05, 3.63) is 87.1 Å². The maximum absolute atomic E-state index is 13.8. The predicted octanol–water partition coefficient (Wildman–Crippen LogP) is 4.90. The van der Waals surface area contributed by atoms with Gasteiger partial charge in [0.2, 0.25) is 5.91 Å². The van der Waals surface area contributed by atoms with Crippen LogP contribution in [0.1, 0.15) is 40.2 Å². The highest BCUT2D eigenvalue weighted by atomic mass is 32.1. The molecule has 0 saturated carbocycles. The highest BCUT2D eigenvalue weighted by molar-refractivity contribution is 7.09. The van der Waals surface area contributed by atoms with Gasteiger partial charge in [-0.1, -0.05) is 24.3 Å². The summed E-state index contributed by atoms with van der Waals surface area (Å²) < 4.78 is 13.8. The largest absolute Gasteiger partial charge is 0.334 e. The van der Waals surface area contributed by atoms with Crippen molar-refractivity contribution in [3.63, 3.8) is 0 Å². The fourth-order valence-corrected chi connectivity index (χ4v) is 4.88. The van der Waals surface area contributed by atoms with Crippen molar-refractivity contribution < 1.29 is 9.18 Å². The highest BCUT2D eigenvalue weighted by Gasteiger charge is 2.29. The first kappa shape index (κ1) is 23.1. The van der Waals surface area contributed by atoms with Crippen LogP contribution in [0.3, 0.4) is 0 Å². The number of aryl methyl sites for hydroxylation is 1. The van der Waals surface area contributed by atoms with Gasteiger partial charge in [-0.2, -0.15) is 5.26 Å². The first-order valence-electron chi connectivity index (χ1n) is 11.2. The number of hydrogen-bond acceptors (Lipinski definition) is 5. The summed E-state index contributed by atoms with van der Waals surface area (Å²) >= 11 is 1.66. The van der Waals surface area contributed by atoms with Gasteiger partial charge in [-0.05, 0) is 68.2 Å². The number of carbonyl (C=O) groups excluding carboxylic acids is 1. The molecule has 5 nitrogen and oxygen atoms in total. The number of nitriles is 1. The number of aromatic nitrogens is 1. The molecule has 4 rings (SSSR count). The number of carbonyl (C=O) groups is 1. The van der Waals surface area contributed by atoms with Gasteiger partial charge in [-0.3, -0.25) is 9.69 Å². The lowest BCUT2D eigenvalue weighted by Crippen LogP contribution is -2.42. The van der Waals surface area contributed by atoms with Gasteiger partial charge in [0.15, 0.2) is 0 Å². The standard InChI is InChI=1S/C26H27FN4OS/c1-19-29-25(18-33-19)17-30-11-9-23(10-12-30)26(32)31(16-22-3-2-4-24(27)13-22)15-21-7-5-20(14-28)6-8-21/h2-8,13,18,23H,9-12,15-17H2,1H3. The van der Waals surface area contributed by atoms with Crippen LogP contribution in [-0.4, -0.2) is 33.8 Å². The van der Waals surface area contributed by atoms with Crippen LogP contribution in [0.25, 0.3) is 0 Å². The molecule has 2 aromatic carbocycles. The van der Waals surface area contributed by atoms with E-state index >= 15 is 0 Å². The van der Waals surface area contributed by atoms with Crippen molar-refractivity contribution in [2.24, 2.45) is 5.92 Å². The van der Waals surface area contributed by atoms with Crippen LogP contribution in [0.4, 0.5) is 4.39 Å². The summed E-state index contributed by atoms with van der Waals surface area (Å²) in [6, 6.07) is 15.8. The molecule has 170 valence electrons. The Hall–Kier alpha value is -3.08. The Morgan fingerprint density at radius 3 is 2.55 bits per heavy atom. The molecule has 0 unspecified atom stereocenters. The number of nitrogens with zero attached hydrogens (tertiary/aromatic N) is 4. The van der Waals surface area contributed by atoms with E-state index in [-0.39, 0.29) is 17.6 Å². The molecular weight excluding hydrogens is 435 g/mol. The Morgan fingerprint density at radius 1 is 1.18 bits per heavy atom. The Labute approximate surface area is 198 Å². The number of likely N-dealkylation sites (tertiary alicyclic amines) is 1. The molecule has 1 amide bonds. The minimum absolute atomic E-state index is 0.0506. The lowest BCUT2D eigenvalue weighted by atomic mass is 9.94. The zero-order chi connectivity index (χ0) is 23.2. The third-order valence-electron chi connectivity index (χ3n) is 6.02. The van der Waals surface area contributed by atoms with Gasteiger partial charge in [0.05, 0.1) is 22.3 Å². The Bertz CT molecular complexity index is 1130. The molecule has 0 spiro atoms. The minimum Gasteiger partial charge on any atom is -0.334 e. The monoisotopic (exact) mass is 462 g/mol. The van der Waals surface area contributed by atoms with Gasteiger partial charge < -0.3 is 4.90 Å². The molecule has 1 fully saturated rings. The van der Waals surface area contributed by atoms with Gasteiger partial charge in [0, 0.05) is 30.9 Å². The van der Waals surface area contributed by atoms with E-state index in [1.807, 2.05) is 30.0 Å². The van der Waals surface area contributed by atoms with Crippen LogP contribution in [0.5, 0.6) is 0 Å². The molecule has 33 heavy (non-hydrogen) atoms. The molecule has 7 heteroatoms. The third kappa shape index (κ3) is 6.25. The van der Waals surface area contributed by atoms with E-state index in [1.54, 1.807) is 29.5 Å². The van der Waals surface area contributed by atoms with E-state index in [4.69, 9.17) is 5.26 Å². The topological polar surface area (TPSA) is 60.2 Å². The van der Waals surface area contributed by atoms with Gasteiger partial charge in [-0.15, -0.1) is 11.3 Å². The molecule has 0 aliphatic carbocycles. The van der Waals surface area contributed by atoms with E-state index in [0.717, 1.165) is 54.3 Å². The van der Waals surface area contributed by atoms with Crippen molar-refractivity contribution >= 4 is 17.2 Å². The van der Waals surface area contributed by atoms with Crippen molar-refractivity contribution in [1.29, 1.82) is 5.26 Å². The molecule has 0 atom stereocenters. The van der Waals surface area contributed by atoms with Gasteiger partial charge >= 0.3 is 0 Å². The van der Waals surface area contributed by atoms with Gasteiger partial charge in [-0.25, -0.2) is 9.37 Å². The molecule has 3 aromatic rings. The maximum atomic E-state index is 13.8. The molecule has 1 saturated heterocycles. The number of hydrogen-bond donors (Lipinski definition) is 0. The maximum Gasteiger partial charge on any atom is 0.226 e. The first-order valence-corrected chi connectivity index (χ1v) is 12.0. The smallest absolute Gasteiger partial charge is 0.226 e. The minimum atomic E-state index is -0.302. The number of thiazole rings is 1. The van der Waals surface area contributed by atoms with Crippen molar-refractivity contribution in [3.8, 4) is 6.07 Å². The molecule has 0 bridgehead atoms. The van der Waals surface area contributed by atoms with Crippen LogP contribution in [-0.2, 0) is 24.4 Å². The summed E-state index contributed by atoms with van der Waals surface area (Å²) in [5.41, 5.74) is 3.41. The average Bonchev–Trinajstić information content (AvgIpc) is 3.23. The molecule has 1 aliphatic rings. The summed E-state index contributed by atoms with van der Waals surface area (Å²) in [5, 5.41) is 12.2. The molecule has 2 heterocycles. The van der Waals surface area contributed by atoms with Crippen LogP contribution in [0.15, 0.2) is 53.9 Å². The van der Waals surface area contributed by atoms with E-state index in [1.165, 1.54) is 12.1 Å². The zero-order valence-corrected chi connectivity index (χ0v) is 19.5. The van der Waals surface area contributed by atoms with E-state index in [9.17, 15) is 9.18 Å². The molecule has 1 aromatic heterocycles. The fourth-order valence-electron chi connectivity index (χ4n) is 4.28. The second-order valence-electron chi connectivity index (χ2n) is 8.54. The lowest BCUT2D eigenvalue weighted by molar-refractivity contribution is -0.138. The summed E-state index contributed by atoms with van der Waals surface area (Å²) in [7, 11) is 0. The second kappa shape index (κ2) is 10.7. The van der Waals surface area contributed by atoms with E-state index in [2.05, 4.69) is 21.3 Å². The van der Waals surface area contributed by atoms with Crippen LogP contribution in [0, 0.1) is 30.0 Å². The second-order valence-corrected chi connectivity index (χ2v) is 9.60. The van der Waals surface area contributed by atoms with Crippen LogP contribution in [0.2, 0.25) is 0 Å². The summed E-state index contributed by atoms with van der Waals surface area (Å²) in [6.07, 6.45) is 1.60. The van der Waals surface area contributed by atoms with Gasteiger partial charge in [0.1, 0.15) is 5.82 Å². The molecule has 0 radical (unpaired) electrons. The normalized spacial score (nSPS) is 14.7. The molecular formula is C26H27FN4OS. The predicted molar refractivity (Wildman–Crippen MR) is 127 cm³/mol. The first-order chi connectivity index (χ1) is 16.0. The summed E-state index contributed by atoms with van der Waals surface area (Å²) in [6.45, 7) is 5.34.